The van der Waals surface area contributed by atoms with Crippen LogP contribution < -0.4 is 10.6 Å². The lowest BCUT2D eigenvalue weighted by Gasteiger charge is -2.34. The van der Waals surface area contributed by atoms with Crippen molar-refractivity contribution in [3.8, 4) is 0 Å². The lowest BCUT2D eigenvalue weighted by molar-refractivity contribution is -0.116. The van der Waals surface area contributed by atoms with Crippen LogP contribution >= 0.6 is 23.5 Å². The fraction of sp³-hybridized carbons (Fsp3) is 0.688. The molecule has 2 N–H and O–H groups in total. The highest BCUT2D eigenvalue weighted by Gasteiger charge is 2.61. The van der Waals surface area contributed by atoms with E-state index in [0.717, 1.165) is 12.8 Å². The van der Waals surface area contributed by atoms with Crippen molar-refractivity contribution < 1.29 is 9.59 Å². The number of amidine groups is 2. The van der Waals surface area contributed by atoms with Crippen LogP contribution in [0, 0.1) is 33.5 Å². The van der Waals surface area contributed by atoms with Crippen molar-refractivity contribution in [1.82, 2.24) is 20.4 Å². The topological polar surface area (TPSA) is 114 Å². The molecule has 44 heavy (non-hydrogen) atoms. The van der Waals surface area contributed by atoms with Gasteiger partial charge in [-0.2, -0.15) is 10.2 Å². The SMILES string of the molecule is CN(C)/C=C1\S/C(=N\N=C2/C[C@H]3CC[C@]2(C)C3(C)C)NC1=O.CN(C)/C=C1\S/C(=N\N=C2/C[C@H]3CC[C@]2(C)C3(C)C)NC1=O. The van der Waals surface area contributed by atoms with Crippen LogP contribution in [0.3, 0.4) is 0 Å². The van der Waals surface area contributed by atoms with E-state index < -0.39 is 0 Å². The largest absolute Gasteiger partial charge is 0.382 e. The average molecular weight is 641 g/mol. The molecule has 0 aromatic carbocycles. The summed E-state index contributed by atoms with van der Waals surface area (Å²) < 4.78 is 0. The van der Waals surface area contributed by atoms with Crippen molar-refractivity contribution >= 4 is 57.1 Å². The molecule has 0 radical (unpaired) electrons. The lowest BCUT2D eigenvalue weighted by Crippen LogP contribution is -2.32. The molecule has 10 nitrogen and oxygen atoms in total. The highest BCUT2D eigenvalue weighted by Crippen LogP contribution is 2.65. The van der Waals surface area contributed by atoms with Gasteiger partial charge in [0.1, 0.15) is 0 Å². The minimum absolute atomic E-state index is 0.0999. The van der Waals surface area contributed by atoms with Gasteiger partial charge >= 0.3 is 0 Å². The van der Waals surface area contributed by atoms with Gasteiger partial charge < -0.3 is 9.80 Å². The summed E-state index contributed by atoms with van der Waals surface area (Å²) in [4.78, 5) is 28.7. The van der Waals surface area contributed by atoms with E-state index in [1.165, 1.54) is 60.6 Å². The van der Waals surface area contributed by atoms with Crippen LogP contribution in [0.2, 0.25) is 0 Å². The first-order valence-electron chi connectivity index (χ1n) is 15.5. The smallest absolute Gasteiger partial charge is 0.265 e. The Bertz CT molecular complexity index is 1320. The Morgan fingerprint density at radius 2 is 1.02 bits per heavy atom. The van der Waals surface area contributed by atoms with Crippen molar-refractivity contribution in [3.63, 3.8) is 0 Å². The second kappa shape index (κ2) is 11.6. The molecular weight excluding hydrogens is 593 g/mol. The van der Waals surface area contributed by atoms with E-state index in [2.05, 4.69) is 72.6 Å². The summed E-state index contributed by atoms with van der Waals surface area (Å²) in [7, 11) is 7.59. The van der Waals surface area contributed by atoms with E-state index in [-0.39, 0.29) is 22.6 Å². The Kier molecular flexibility index (Phi) is 8.67. The maximum absolute atomic E-state index is 11.9. The zero-order valence-electron chi connectivity index (χ0n) is 27.9. The number of amides is 2. The summed E-state index contributed by atoms with van der Waals surface area (Å²) in [5, 5.41) is 24.4. The maximum atomic E-state index is 11.9. The van der Waals surface area contributed by atoms with E-state index in [1.807, 2.05) is 38.0 Å². The molecule has 6 aliphatic rings. The molecule has 0 aromatic rings. The second-order valence-corrected chi connectivity index (χ2v) is 17.0. The molecule has 4 atom stereocenters. The van der Waals surface area contributed by atoms with Gasteiger partial charge in [-0.05, 0) is 84.7 Å². The Labute approximate surface area is 270 Å². The van der Waals surface area contributed by atoms with Crippen LogP contribution in [0.1, 0.15) is 80.1 Å². The Hall–Kier alpha value is -2.60. The summed E-state index contributed by atoms with van der Waals surface area (Å²) >= 11 is 2.70. The molecule has 2 aliphatic heterocycles. The van der Waals surface area contributed by atoms with E-state index in [1.54, 1.807) is 12.4 Å². The van der Waals surface area contributed by atoms with Crippen LogP contribution in [-0.4, -0.2) is 71.6 Å². The maximum Gasteiger partial charge on any atom is 0.265 e. The predicted molar refractivity (Wildman–Crippen MR) is 183 cm³/mol. The number of rotatable bonds is 4. The number of hydrogen-bond donors (Lipinski definition) is 2. The normalized spacial score (nSPS) is 38.3. The van der Waals surface area contributed by atoms with Gasteiger partial charge in [0.2, 0.25) is 0 Å². The Balaban J connectivity index is 0.000000175. The molecule has 240 valence electrons. The van der Waals surface area contributed by atoms with E-state index in [0.29, 0.717) is 42.8 Å². The fourth-order valence-electron chi connectivity index (χ4n) is 7.77. The summed E-state index contributed by atoms with van der Waals surface area (Å²) in [5.74, 6) is 1.23. The quantitative estimate of drug-likeness (QED) is 0.305. The number of nitrogens with zero attached hydrogens (tertiary/aromatic N) is 6. The molecule has 0 spiro atoms. The standard InChI is InChI=1S/2C16H24N4OS/c2*1-15(2)10-6-7-16(15,3)12(8-10)18-19-14-17-13(21)11(22-14)9-20(4)5/h2*9-10H,6-8H2,1-5H3,(H,17,19,21)/b2*11-9-,18-12+/t2*10-,16+/m11/s1. The first-order chi connectivity index (χ1) is 20.5. The van der Waals surface area contributed by atoms with E-state index >= 15 is 0 Å². The van der Waals surface area contributed by atoms with Gasteiger partial charge in [-0.3, -0.25) is 20.2 Å². The third-order valence-electron chi connectivity index (χ3n) is 11.6. The number of carbonyl (C=O) groups is 2. The van der Waals surface area contributed by atoms with Gasteiger partial charge in [0, 0.05) is 62.8 Å². The van der Waals surface area contributed by atoms with Gasteiger partial charge in [0.05, 0.1) is 9.81 Å². The molecule has 2 amide bonds. The van der Waals surface area contributed by atoms with Crippen LogP contribution in [0.4, 0.5) is 0 Å². The molecule has 6 rings (SSSR count). The molecule has 6 fully saturated rings. The number of carbonyl (C=O) groups excluding carboxylic acids is 2. The van der Waals surface area contributed by atoms with Crippen LogP contribution in [0.15, 0.2) is 42.6 Å². The van der Waals surface area contributed by atoms with Crippen LogP contribution in [0.25, 0.3) is 0 Å². The number of fused-ring (bicyclic) bond motifs is 4. The van der Waals surface area contributed by atoms with Crippen LogP contribution in [-0.2, 0) is 9.59 Å². The highest BCUT2D eigenvalue weighted by atomic mass is 32.2. The summed E-state index contributed by atoms with van der Waals surface area (Å²) in [5.41, 5.74) is 3.29. The third kappa shape index (κ3) is 5.65. The number of nitrogens with one attached hydrogen (secondary N) is 2. The molecule has 0 unspecified atom stereocenters. The number of hydrogen-bond acceptors (Lipinski definition) is 10. The van der Waals surface area contributed by atoms with Crippen molar-refractivity contribution in [1.29, 1.82) is 0 Å². The number of thioether (sulfide) groups is 2. The van der Waals surface area contributed by atoms with Gasteiger partial charge in [-0.15, -0.1) is 10.2 Å². The highest BCUT2D eigenvalue weighted by molar-refractivity contribution is 8.19. The van der Waals surface area contributed by atoms with Gasteiger partial charge in [0.25, 0.3) is 11.8 Å². The monoisotopic (exact) mass is 640 g/mol. The minimum atomic E-state index is -0.0999. The van der Waals surface area contributed by atoms with Crippen molar-refractivity contribution in [2.45, 2.75) is 80.1 Å². The molecule has 0 aromatic heterocycles. The summed E-state index contributed by atoms with van der Waals surface area (Å²) in [6, 6.07) is 0. The third-order valence-corrected chi connectivity index (χ3v) is 13.4. The Morgan fingerprint density at radius 3 is 1.30 bits per heavy atom. The molecule has 4 saturated carbocycles. The van der Waals surface area contributed by atoms with E-state index in [9.17, 15) is 9.59 Å². The molecule has 4 bridgehead atoms. The van der Waals surface area contributed by atoms with Crippen molar-refractivity contribution in [2.75, 3.05) is 28.2 Å². The van der Waals surface area contributed by atoms with Crippen molar-refractivity contribution in [3.05, 3.63) is 22.2 Å². The Morgan fingerprint density at radius 1 is 0.659 bits per heavy atom. The summed E-state index contributed by atoms with van der Waals surface area (Å²) in [6.07, 6.45) is 10.7. The zero-order chi connectivity index (χ0) is 32.2. The fourth-order valence-corrected chi connectivity index (χ4v) is 9.45. The minimum Gasteiger partial charge on any atom is -0.382 e. The molecule has 2 heterocycles. The average Bonchev–Trinajstić information content (AvgIpc) is 3.66. The lowest BCUT2D eigenvalue weighted by atomic mass is 9.70. The molecular formula is C32H48N8O2S2. The van der Waals surface area contributed by atoms with E-state index in [4.69, 9.17) is 0 Å². The van der Waals surface area contributed by atoms with Gasteiger partial charge in [-0.1, -0.05) is 41.5 Å². The molecule has 4 aliphatic carbocycles. The van der Waals surface area contributed by atoms with Gasteiger partial charge in [0.15, 0.2) is 10.3 Å². The van der Waals surface area contributed by atoms with Gasteiger partial charge in [-0.25, -0.2) is 0 Å². The first-order valence-corrected chi connectivity index (χ1v) is 17.2. The summed E-state index contributed by atoms with van der Waals surface area (Å²) in [6.45, 7) is 14.0. The molecule has 2 saturated heterocycles. The van der Waals surface area contributed by atoms with Crippen molar-refractivity contribution in [2.24, 2.45) is 53.9 Å². The predicted octanol–water partition coefficient (Wildman–Crippen LogP) is 5.62. The zero-order valence-corrected chi connectivity index (χ0v) is 29.5. The first kappa shape index (κ1) is 32.8. The molecule has 12 heteroatoms. The van der Waals surface area contributed by atoms with Crippen LogP contribution in [0.5, 0.6) is 0 Å². The second-order valence-electron chi connectivity index (χ2n) is 14.9.